The molecule has 3 nitrogen and oxygen atoms in total. The number of halogens is 1. The first-order valence-corrected chi connectivity index (χ1v) is 7.27. The number of fused-ring (bicyclic) bond motifs is 1. The van der Waals surface area contributed by atoms with Crippen molar-refractivity contribution in [3.8, 4) is 0 Å². The third-order valence-electron chi connectivity index (χ3n) is 2.04. The summed E-state index contributed by atoms with van der Waals surface area (Å²) < 4.78 is 9.10. The molecule has 16 heavy (non-hydrogen) atoms. The van der Waals surface area contributed by atoms with Gasteiger partial charge in [-0.1, -0.05) is 34.7 Å². The zero-order valence-corrected chi connectivity index (χ0v) is 12.0. The molecule has 0 saturated carbocycles. The van der Waals surface area contributed by atoms with Crippen LogP contribution in [-0.2, 0) is 16.3 Å². The summed E-state index contributed by atoms with van der Waals surface area (Å²) in [6.07, 6.45) is 0. The van der Waals surface area contributed by atoms with Crippen LogP contribution < -0.4 is 0 Å². The summed E-state index contributed by atoms with van der Waals surface area (Å²) in [4.78, 5) is 11.1. The van der Waals surface area contributed by atoms with Crippen molar-refractivity contribution in [2.75, 3.05) is 4.43 Å². The Kier molecular flexibility index (Phi) is 3.93. The quantitative estimate of drug-likeness (QED) is 0.362. The highest BCUT2D eigenvalue weighted by atomic mass is 127. The summed E-state index contributed by atoms with van der Waals surface area (Å²) >= 11 is 8.73. The Bertz CT molecular complexity index is 575. The molecule has 0 unspecified atom stereocenters. The van der Waals surface area contributed by atoms with Crippen molar-refractivity contribution in [3.05, 3.63) is 28.2 Å². The molecule has 0 saturated heterocycles. The number of rotatable bonds is 3. The van der Waals surface area contributed by atoms with E-state index in [4.69, 9.17) is 17.0 Å². The molecule has 0 radical (unpaired) electrons. The van der Waals surface area contributed by atoms with Gasteiger partial charge in [-0.25, -0.2) is 0 Å². The van der Waals surface area contributed by atoms with Gasteiger partial charge in [-0.15, -0.1) is 11.3 Å². The summed E-state index contributed by atoms with van der Waals surface area (Å²) in [7, 11) is 0. The molecule has 0 atom stereocenters. The van der Waals surface area contributed by atoms with E-state index in [0.717, 1.165) is 14.2 Å². The van der Waals surface area contributed by atoms with Crippen LogP contribution in [0.1, 0.15) is 0 Å². The van der Waals surface area contributed by atoms with Crippen LogP contribution in [0.25, 0.3) is 10.2 Å². The largest absolute Gasteiger partial charge is 0.443 e. The number of benzene rings is 1. The number of aromatic nitrogens is 1. The summed E-state index contributed by atoms with van der Waals surface area (Å²) in [5.41, 5.74) is 1.01. The van der Waals surface area contributed by atoms with Gasteiger partial charge in [0.1, 0.15) is 0 Å². The van der Waals surface area contributed by atoms with Crippen molar-refractivity contribution < 1.29 is 9.53 Å². The van der Waals surface area contributed by atoms with Crippen molar-refractivity contribution >= 4 is 62.3 Å². The minimum Gasteiger partial charge on any atom is -0.443 e. The van der Waals surface area contributed by atoms with Gasteiger partial charge < -0.3 is 4.74 Å². The molecule has 0 aliphatic heterocycles. The number of carbonyl (C=O) groups excluding carboxylic acids is 1. The number of nitrogens with zero attached hydrogens (tertiary/aromatic N) is 1. The van der Waals surface area contributed by atoms with E-state index < -0.39 is 0 Å². The Morgan fingerprint density at radius 1 is 1.50 bits per heavy atom. The van der Waals surface area contributed by atoms with Crippen LogP contribution in [0.5, 0.6) is 0 Å². The summed E-state index contributed by atoms with van der Waals surface area (Å²) in [5.74, 6) is -0.224. The van der Waals surface area contributed by atoms with E-state index in [2.05, 4.69) is 0 Å². The normalized spacial score (nSPS) is 10.6. The number of ether oxygens (including phenoxy) is 1. The van der Waals surface area contributed by atoms with Gasteiger partial charge in [0.2, 0.25) is 0 Å². The van der Waals surface area contributed by atoms with Crippen molar-refractivity contribution in [3.63, 3.8) is 0 Å². The Labute approximate surface area is 115 Å². The Balaban J connectivity index is 2.33. The molecule has 1 aromatic carbocycles. The highest BCUT2D eigenvalue weighted by Crippen LogP contribution is 2.22. The van der Waals surface area contributed by atoms with E-state index in [1.54, 1.807) is 0 Å². The molecule has 84 valence electrons. The standard InChI is InChI=1S/C10H8INO2S2/c11-5-9(13)14-6-12-7-3-1-2-4-8(7)16-10(12)15/h1-4H,5-6H2. The third kappa shape index (κ3) is 2.44. The molecule has 0 N–H and O–H groups in total. The first-order chi connectivity index (χ1) is 7.72. The smallest absolute Gasteiger partial charge is 0.317 e. The maximum atomic E-state index is 11.1. The number of hydrogen-bond acceptors (Lipinski definition) is 4. The van der Waals surface area contributed by atoms with Gasteiger partial charge in [-0.2, -0.15) is 0 Å². The molecule has 6 heteroatoms. The number of hydrogen-bond donors (Lipinski definition) is 0. The van der Waals surface area contributed by atoms with E-state index in [-0.39, 0.29) is 12.7 Å². The molecular weight excluding hydrogens is 357 g/mol. The van der Waals surface area contributed by atoms with Gasteiger partial charge in [0.15, 0.2) is 10.7 Å². The third-order valence-corrected chi connectivity index (χ3v) is 4.09. The van der Waals surface area contributed by atoms with Crippen molar-refractivity contribution in [1.82, 2.24) is 4.57 Å². The van der Waals surface area contributed by atoms with Crippen LogP contribution >= 0.6 is 46.1 Å². The second-order valence-corrected chi connectivity index (χ2v) is 5.48. The van der Waals surface area contributed by atoms with Gasteiger partial charge in [0.05, 0.1) is 14.6 Å². The predicted molar refractivity (Wildman–Crippen MR) is 75.6 cm³/mol. The Morgan fingerprint density at radius 3 is 3.00 bits per heavy atom. The summed E-state index contributed by atoms with van der Waals surface area (Å²) in [5, 5.41) is 0. The van der Waals surface area contributed by atoms with Gasteiger partial charge in [-0.3, -0.25) is 9.36 Å². The minimum atomic E-state index is -0.224. The lowest BCUT2D eigenvalue weighted by Gasteiger charge is -2.05. The van der Waals surface area contributed by atoms with Crippen LogP contribution in [0.4, 0.5) is 0 Å². The van der Waals surface area contributed by atoms with Crippen molar-refractivity contribution in [1.29, 1.82) is 0 Å². The molecular formula is C10H8INO2S2. The fourth-order valence-electron chi connectivity index (χ4n) is 1.31. The van der Waals surface area contributed by atoms with Gasteiger partial charge >= 0.3 is 5.97 Å². The molecule has 1 aromatic heterocycles. The van der Waals surface area contributed by atoms with E-state index in [9.17, 15) is 4.79 Å². The molecule has 0 spiro atoms. The number of alkyl halides is 1. The van der Waals surface area contributed by atoms with Crippen LogP contribution in [0.2, 0.25) is 0 Å². The molecule has 0 amide bonds. The first-order valence-electron chi connectivity index (χ1n) is 4.52. The molecule has 0 bridgehead atoms. The van der Waals surface area contributed by atoms with Gasteiger partial charge in [0, 0.05) is 0 Å². The number of thiazole rings is 1. The van der Waals surface area contributed by atoms with Crippen LogP contribution in [0.3, 0.4) is 0 Å². The summed E-state index contributed by atoms with van der Waals surface area (Å²) in [6, 6.07) is 7.89. The zero-order valence-electron chi connectivity index (χ0n) is 8.18. The minimum absolute atomic E-state index is 0.199. The molecule has 2 aromatic rings. The molecule has 0 fully saturated rings. The van der Waals surface area contributed by atoms with Crippen molar-refractivity contribution in [2.24, 2.45) is 0 Å². The number of esters is 1. The Morgan fingerprint density at radius 2 is 2.25 bits per heavy atom. The van der Waals surface area contributed by atoms with Gasteiger partial charge in [-0.05, 0) is 24.4 Å². The van der Waals surface area contributed by atoms with E-state index >= 15 is 0 Å². The predicted octanol–water partition coefficient (Wildman–Crippen LogP) is 3.37. The number of para-hydroxylation sites is 1. The first kappa shape index (κ1) is 12.0. The van der Waals surface area contributed by atoms with Crippen molar-refractivity contribution in [2.45, 2.75) is 6.73 Å². The Hall–Kier alpha value is -0.470. The maximum Gasteiger partial charge on any atom is 0.317 e. The lowest BCUT2D eigenvalue weighted by atomic mass is 10.3. The highest BCUT2D eigenvalue weighted by Gasteiger charge is 2.06. The fourth-order valence-corrected chi connectivity index (χ4v) is 2.83. The van der Waals surface area contributed by atoms with Crippen LogP contribution in [0, 0.1) is 3.95 Å². The number of carbonyl (C=O) groups is 1. The van der Waals surface area contributed by atoms with E-state index in [0.29, 0.717) is 4.43 Å². The second kappa shape index (κ2) is 5.24. The average molecular weight is 365 g/mol. The monoisotopic (exact) mass is 365 g/mol. The van der Waals surface area contributed by atoms with Crippen LogP contribution in [-0.4, -0.2) is 15.0 Å². The average Bonchev–Trinajstić information content (AvgIpc) is 2.62. The summed E-state index contributed by atoms with van der Waals surface area (Å²) in [6.45, 7) is 0.199. The van der Waals surface area contributed by atoms with Gasteiger partial charge in [0.25, 0.3) is 0 Å². The fraction of sp³-hybridized carbons (Fsp3) is 0.200. The van der Waals surface area contributed by atoms with E-state index in [1.807, 2.05) is 51.4 Å². The molecule has 0 aliphatic rings. The highest BCUT2D eigenvalue weighted by molar-refractivity contribution is 14.1. The molecule has 2 rings (SSSR count). The lowest BCUT2D eigenvalue weighted by molar-refractivity contribution is -0.143. The maximum absolute atomic E-state index is 11.1. The topological polar surface area (TPSA) is 31.2 Å². The lowest BCUT2D eigenvalue weighted by Crippen LogP contribution is -2.09. The molecule has 0 aliphatic carbocycles. The van der Waals surface area contributed by atoms with E-state index in [1.165, 1.54) is 11.3 Å². The molecule has 1 heterocycles. The second-order valence-electron chi connectivity index (χ2n) is 3.04. The van der Waals surface area contributed by atoms with Crippen LogP contribution in [0.15, 0.2) is 24.3 Å². The zero-order chi connectivity index (χ0) is 11.5. The SMILES string of the molecule is O=C(CI)OCn1c(=S)sc2ccccc21.